The van der Waals surface area contributed by atoms with Crippen LogP contribution >= 0.6 is 15.9 Å². The highest BCUT2D eigenvalue weighted by atomic mass is 79.9. The van der Waals surface area contributed by atoms with E-state index < -0.39 is 12.2 Å². The lowest BCUT2D eigenvalue weighted by atomic mass is 10.1. The summed E-state index contributed by atoms with van der Waals surface area (Å²) in [6.07, 6.45) is -0.569. The van der Waals surface area contributed by atoms with Gasteiger partial charge in [0, 0.05) is 10.0 Å². The highest BCUT2D eigenvalue weighted by Gasteiger charge is 2.36. The van der Waals surface area contributed by atoms with E-state index in [4.69, 9.17) is 14.2 Å². The van der Waals surface area contributed by atoms with Crippen LogP contribution in [0.5, 0.6) is 11.5 Å². The van der Waals surface area contributed by atoms with Gasteiger partial charge in [0.1, 0.15) is 5.56 Å². The minimum atomic E-state index is -0.569. The van der Waals surface area contributed by atoms with Gasteiger partial charge in [0.05, 0.1) is 19.9 Å². The first-order valence-corrected chi connectivity index (χ1v) is 7.42. The van der Waals surface area contributed by atoms with Crippen molar-refractivity contribution in [2.24, 2.45) is 0 Å². The Morgan fingerprint density at radius 3 is 2.59 bits per heavy atom. The predicted octanol–water partition coefficient (Wildman–Crippen LogP) is 3.75. The lowest BCUT2D eigenvalue weighted by Crippen LogP contribution is -2.10. The number of benzene rings is 2. The second-order valence-electron chi connectivity index (χ2n) is 4.67. The van der Waals surface area contributed by atoms with Crippen molar-refractivity contribution in [2.75, 3.05) is 19.5 Å². The van der Waals surface area contributed by atoms with Crippen LogP contribution < -0.4 is 14.8 Å². The molecule has 1 N–H and O–H groups in total. The molecule has 5 nitrogen and oxygen atoms in total. The fourth-order valence-electron chi connectivity index (χ4n) is 2.43. The Balaban J connectivity index is 2.00. The smallest absolute Gasteiger partial charge is 0.344 e. The minimum absolute atomic E-state index is 0.390. The van der Waals surface area contributed by atoms with Crippen molar-refractivity contribution in [1.29, 1.82) is 0 Å². The summed E-state index contributed by atoms with van der Waals surface area (Å²) in [5, 5.41) is 3.20. The molecule has 6 heteroatoms. The molecule has 1 aliphatic rings. The fraction of sp³-hybridized carbons (Fsp3) is 0.188. The number of carbonyl (C=O) groups excluding carboxylic acids is 1. The quantitative estimate of drug-likeness (QED) is 0.838. The Bertz CT molecular complexity index is 732. The standard InChI is InChI=1S/C16H14BrNO4/c1-20-12-8-7-9-13(14(12)21-2)16(19)22-15(9)18-11-6-4-3-5-10(11)17/h3-8,15,18H,1-2H3/t15-/m0/s1. The van der Waals surface area contributed by atoms with Gasteiger partial charge in [-0.25, -0.2) is 4.79 Å². The van der Waals surface area contributed by atoms with Gasteiger partial charge in [-0.05, 0) is 40.2 Å². The summed E-state index contributed by atoms with van der Waals surface area (Å²) in [6.45, 7) is 0. The van der Waals surface area contributed by atoms with Crippen LogP contribution in [0.15, 0.2) is 40.9 Å². The molecule has 0 saturated heterocycles. The van der Waals surface area contributed by atoms with Gasteiger partial charge in [0.15, 0.2) is 11.5 Å². The molecular formula is C16H14BrNO4. The van der Waals surface area contributed by atoms with Gasteiger partial charge in [-0.15, -0.1) is 0 Å². The molecule has 2 aromatic carbocycles. The van der Waals surface area contributed by atoms with E-state index in [1.807, 2.05) is 24.3 Å². The number of esters is 1. The van der Waals surface area contributed by atoms with Gasteiger partial charge in [-0.2, -0.15) is 0 Å². The molecular weight excluding hydrogens is 350 g/mol. The number of halogens is 1. The summed E-state index contributed by atoms with van der Waals surface area (Å²) in [5.74, 6) is 0.455. The number of ether oxygens (including phenoxy) is 3. The van der Waals surface area contributed by atoms with Crippen LogP contribution in [0.3, 0.4) is 0 Å². The Morgan fingerprint density at radius 2 is 1.91 bits per heavy atom. The monoisotopic (exact) mass is 363 g/mol. The van der Waals surface area contributed by atoms with E-state index in [1.54, 1.807) is 12.1 Å². The number of hydrogen-bond acceptors (Lipinski definition) is 5. The number of anilines is 1. The van der Waals surface area contributed by atoms with Crippen LogP contribution in [0, 0.1) is 0 Å². The van der Waals surface area contributed by atoms with Crippen molar-refractivity contribution >= 4 is 27.6 Å². The molecule has 0 aromatic heterocycles. The van der Waals surface area contributed by atoms with Crippen LogP contribution in [0.2, 0.25) is 0 Å². The first-order valence-electron chi connectivity index (χ1n) is 6.62. The summed E-state index contributed by atoms with van der Waals surface area (Å²) < 4.78 is 16.8. The van der Waals surface area contributed by atoms with Crippen LogP contribution in [0.25, 0.3) is 0 Å². The largest absolute Gasteiger partial charge is 0.493 e. The van der Waals surface area contributed by atoms with E-state index in [-0.39, 0.29) is 0 Å². The minimum Gasteiger partial charge on any atom is -0.493 e. The van der Waals surface area contributed by atoms with Crippen LogP contribution in [0.1, 0.15) is 22.1 Å². The Labute approximate surface area is 136 Å². The van der Waals surface area contributed by atoms with Gasteiger partial charge >= 0.3 is 5.97 Å². The van der Waals surface area contributed by atoms with Crippen molar-refractivity contribution in [1.82, 2.24) is 0 Å². The van der Waals surface area contributed by atoms with Crippen LogP contribution in [-0.2, 0) is 4.74 Å². The van der Waals surface area contributed by atoms with E-state index >= 15 is 0 Å². The molecule has 1 heterocycles. The molecule has 114 valence electrons. The first kappa shape index (κ1) is 14.7. The van der Waals surface area contributed by atoms with Crippen molar-refractivity contribution in [3.8, 4) is 11.5 Å². The number of carbonyl (C=O) groups is 1. The lowest BCUT2D eigenvalue weighted by molar-refractivity contribution is 0.0435. The molecule has 0 spiro atoms. The molecule has 0 saturated carbocycles. The summed E-state index contributed by atoms with van der Waals surface area (Å²) >= 11 is 3.46. The molecule has 0 amide bonds. The number of hydrogen-bond donors (Lipinski definition) is 1. The molecule has 1 atom stereocenters. The lowest BCUT2D eigenvalue weighted by Gasteiger charge is -2.16. The number of methoxy groups -OCH3 is 2. The Kier molecular flexibility index (Phi) is 3.94. The SMILES string of the molecule is COc1ccc2c(c1OC)C(=O)O[C@@H]2Nc1ccccc1Br. The molecule has 0 aliphatic carbocycles. The number of nitrogens with one attached hydrogen (secondary N) is 1. The average molecular weight is 364 g/mol. The normalized spacial score (nSPS) is 16.0. The topological polar surface area (TPSA) is 56.8 Å². The van der Waals surface area contributed by atoms with Gasteiger partial charge < -0.3 is 19.5 Å². The summed E-state index contributed by atoms with van der Waals surface area (Å²) in [5.41, 5.74) is 1.95. The third-order valence-electron chi connectivity index (χ3n) is 3.45. The van der Waals surface area contributed by atoms with Gasteiger partial charge in [-0.3, -0.25) is 0 Å². The zero-order chi connectivity index (χ0) is 15.7. The van der Waals surface area contributed by atoms with Gasteiger partial charge in [0.2, 0.25) is 6.23 Å². The summed E-state index contributed by atoms with van der Waals surface area (Å²) in [6, 6.07) is 11.2. The molecule has 0 bridgehead atoms. The molecule has 1 aliphatic heterocycles. The zero-order valence-corrected chi connectivity index (χ0v) is 13.6. The van der Waals surface area contributed by atoms with Crippen molar-refractivity contribution in [3.63, 3.8) is 0 Å². The van der Waals surface area contributed by atoms with Crippen molar-refractivity contribution in [2.45, 2.75) is 6.23 Å². The molecule has 3 rings (SSSR count). The van der Waals surface area contributed by atoms with Crippen LogP contribution in [-0.4, -0.2) is 20.2 Å². The van der Waals surface area contributed by atoms with Crippen molar-refractivity contribution in [3.05, 3.63) is 52.0 Å². The van der Waals surface area contributed by atoms with Crippen LogP contribution in [0.4, 0.5) is 5.69 Å². The second kappa shape index (κ2) is 5.88. The van der Waals surface area contributed by atoms with Crippen molar-refractivity contribution < 1.29 is 19.0 Å². The zero-order valence-electron chi connectivity index (χ0n) is 12.1. The molecule has 2 aromatic rings. The average Bonchev–Trinajstić information content (AvgIpc) is 2.85. The highest BCUT2D eigenvalue weighted by molar-refractivity contribution is 9.10. The predicted molar refractivity (Wildman–Crippen MR) is 85.5 cm³/mol. The molecule has 0 fully saturated rings. The Morgan fingerprint density at radius 1 is 1.14 bits per heavy atom. The third kappa shape index (κ3) is 2.39. The molecule has 0 unspecified atom stereocenters. The van der Waals surface area contributed by atoms with Gasteiger partial charge in [-0.1, -0.05) is 12.1 Å². The first-order chi connectivity index (χ1) is 10.7. The summed E-state index contributed by atoms with van der Waals surface area (Å²) in [7, 11) is 3.03. The number of rotatable bonds is 4. The molecule has 0 radical (unpaired) electrons. The Hall–Kier alpha value is -2.21. The number of cyclic esters (lactones) is 1. The highest BCUT2D eigenvalue weighted by Crippen LogP contribution is 2.42. The van der Waals surface area contributed by atoms with Gasteiger partial charge in [0.25, 0.3) is 0 Å². The van der Waals surface area contributed by atoms with E-state index in [2.05, 4.69) is 21.2 Å². The maximum Gasteiger partial charge on any atom is 0.344 e. The number of fused-ring (bicyclic) bond motifs is 1. The van der Waals surface area contributed by atoms with E-state index in [1.165, 1.54) is 14.2 Å². The summed E-state index contributed by atoms with van der Waals surface area (Å²) in [4.78, 5) is 12.2. The van der Waals surface area contributed by atoms with E-state index in [0.29, 0.717) is 17.1 Å². The second-order valence-corrected chi connectivity index (χ2v) is 5.53. The maximum atomic E-state index is 12.2. The maximum absolute atomic E-state index is 12.2. The fourth-order valence-corrected chi connectivity index (χ4v) is 2.83. The third-order valence-corrected chi connectivity index (χ3v) is 4.14. The van der Waals surface area contributed by atoms with E-state index in [9.17, 15) is 4.79 Å². The number of para-hydroxylation sites is 1. The van der Waals surface area contributed by atoms with E-state index in [0.717, 1.165) is 15.7 Å². The molecule has 22 heavy (non-hydrogen) atoms.